The Labute approximate surface area is 167 Å². The molecule has 0 amide bonds. The predicted molar refractivity (Wildman–Crippen MR) is 109 cm³/mol. The summed E-state index contributed by atoms with van der Waals surface area (Å²) >= 11 is 13.0. The Morgan fingerprint density at radius 1 is 1.04 bits per heavy atom. The summed E-state index contributed by atoms with van der Waals surface area (Å²) in [7, 11) is 0. The molecule has 3 aliphatic heterocycles. The van der Waals surface area contributed by atoms with Gasteiger partial charge in [-0.3, -0.25) is 9.80 Å². The van der Waals surface area contributed by atoms with Crippen LogP contribution >= 0.6 is 23.2 Å². The molecule has 2 unspecified atom stereocenters. The van der Waals surface area contributed by atoms with Gasteiger partial charge in [0, 0.05) is 40.8 Å². The smallest absolute Gasteiger partial charge is 0.0465 e. The second-order valence-corrected chi connectivity index (χ2v) is 9.49. The summed E-state index contributed by atoms with van der Waals surface area (Å²) in [6.07, 6.45) is 10.8. The first-order chi connectivity index (χ1) is 12.7. The molecule has 2 bridgehead atoms. The Hall–Kier alpha value is -0.540. The average molecular weight is 391 g/mol. The van der Waals surface area contributed by atoms with Crippen molar-refractivity contribution in [3.8, 4) is 0 Å². The minimum Gasteiger partial charge on any atom is -0.299 e. The molecule has 4 heteroatoms. The van der Waals surface area contributed by atoms with Crippen molar-refractivity contribution in [1.29, 1.82) is 0 Å². The summed E-state index contributed by atoms with van der Waals surface area (Å²) in [5, 5.41) is 1.61. The minimum absolute atomic E-state index is 0.593. The molecule has 140 valence electrons. The fourth-order valence-corrected chi connectivity index (χ4v) is 6.66. The Morgan fingerprint density at radius 2 is 1.88 bits per heavy atom. The molecule has 1 aromatic carbocycles. The summed E-state index contributed by atoms with van der Waals surface area (Å²) in [6.45, 7) is 4.64. The number of halogens is 2. The van der Waals surface area contributed by atoms with Crippen LogP contribution < -0.4 is 0 Å². The second kappa shape index (κ2) is 7.13. The van der Waals surface area contributed by atoms with Crippen molar-refractivity contribution in [2.75, 3.05) is 19.6 Å². The molecular weight excluding hydrogens is 363 g/mol. The van der Waals surface area contributed by atoms with Crippen LogP contribution in [0.1, 0.15) is 44.1 Å². The van der Waals surface area contributed by atoms with Crippen molar-refractivity contribution in [3.63, 3.8) is 0 Å². The SMILES string of the molecule is Clc1cccc(Cl)c1CN1CCCC2=CC3CC(CN4CCCC[C@H]34)[C@@H]21. The van der Waals surface area contributed by atoms with Gasteiger partial charge in [-0.1, -0.05) is 47.3 Å². The number of likely N-dealkylation sites (tertiary alicyclic amines) is 1. The number of benzene rings is 1. The van der Waals surface area contributed by atoms with Crippen LogP contribution in [0.2, 0.25) is 10.0 Å². The molecule has 0 N–H and O–H groups in total. The first-order valence-electron chi connectivity index (χ1n) is 10.3. The van der Waals surface area contributed by atoms with Crippen molar-refractivity contribution >= 4 is 23.2 Å². The molecule has 3 heterocycles. The summed E-state index contributed by atoms with van der Waals surface area (Å²) in [5.74, 6) is 1.57. The van der Waals surface area contributed by atoms with Gasteiger partial charge in [-0.25, -0.2) is 0 Å². The van der Waals surface area contributed by atoms with E-state index in [1.165, 1.54) is 51.6 Å². The molecule has 3 saturated heterocycles. The van der Waals surface area contributed by atoms with Crippen molar-refractivity contribution < 1.29 is 0 Å². The summed E-state index contributed by atoms with van der Waals surface area (Å²) in [4.78, 5) is 5.48. The zero-order valence-electron chi connectivity index (χ0n) is 15.3. The summed E-state index contributed by atoms with van der Waals surface area (Å²) < 4.78 is 0. The Balaban J connectivity index is 1.44. The maximum Gasteiger partial charge on any atom is 0.0465 e. The van der Waals surface area contributed by atoms with Gasteiger partial charge in [0.15, 0.2) is 0 Å². The van der Waals surface area contributed by atoms with E-state index in [0.717, 1.165) is 46.6 Å². The Kier molecular flexibility index (Phi) is 4.81. The van der Waals surface area contributed by atoms with Gasteiger partial charge in [0.05, 0.1) is 0 Å². The number of nitrogens with zero attached hydrogens (tertiary/aromatic N) is 2. The number of hydrogen-bond donors (Lipinski definition) is 0. The number of piperidine rings is 3. The van der Waals surface area contributed by atoms with E-state index in [1.807, 2.05) is 18.2 Å². The van der Waals surface area contributed by atoms with E-state index in [4.69, 9.17) is 23.2 Å². The highest BCUT2D eigenvalue weighted by molar-refractivity contribution is 6.35. The average Bonchev–Trinajstić information content (AvgIpc) is 2.65. The third-order valence-corrected chi connectivity index (χ3v) is 7.89. The van der Waals surface area contributed by atoms with E-state index in [1.54, 1.807) is 5.57 Å². The third-order valence-electron chi connectivity index (χ3n) is 7.18. The van der Waals surface area contributed by atoms with Crippen molar-refractivity contribution in [2.24, 2.45) is 11.8 Å². The highest BCUT2D eigenvalue weighted by Crippen LogP contribution is 2.45. The Bertz CT molecular complexity index is 696. The van der Waals surface area contributed by atoms with Gasteiger partial charge in [0.2, 0.25) is 0 Å². The molecule has 1 aliphatic carbocycles. The highest BCUT2D eigenvalue weighted by Gasteiger charge is 2.45. The van der Waals surface area contributed by atoms with E-state index in [9.17, 15) is 0 Å². The lowest BCUT2D eigenvalue weighted by Gasteiger charge is -2.55. The third kappa shape index (κ3) is 3.03. The maximum absolute atomic E-state index is 6.49. The van der Waals surface area contributed by atoms with Gasteiger partial charge in [-0.2, -0.15) is 0 Å². The van der Waals surface area contributed by atoms with Crippen LogP contribution in [-0.2, 0) is 6.54 Å². The molecule has 0 radical (unpaired) electrons. The molecule has 1 aromatic rings. The predicted octanol–water partition coefficient (Wildman–Crippen LogP) is 5.39. The molecule has 4 atom stereocenters. The second-order valence-electron chi connectivity index (χ2n) is 8.68. The molecule has 3 fully saturated rings. The van der Waals surface area contributed by atoms with Crippen LogP contribution in [0.25, 0.3) is 0 Å². The quantitative estimate of drug-likeness (QED) is 0.624. The number of hydrogen-bond acceptors (Lipinski definition) is 2. The van der Waals surface area contributed by atoms with Crippen molar-refractivity contribution in [2.45, 2.75) is 57.2 Å². The van der Waals surface area contributed by atoms with Crippen LogP contribution in [0.15, 0.2) is 29.8 Å². The van der Waals surface area contributed by atoms with Gasteiger partial charge in [-0.15, -0.1) is 0 Å². The molecule has 0 spiro atoms. The van der Waals surface area contributed by atoms with Gasteiger partial charge < -0.3 is 0 Å². The highest BCUT2D eigenvalue weighted by atomic mass is 35.5. The van der Waals surface area contributed by atoms with Crippen LogP contribution in [0, 0.1) is 11.8 Å². The summed E-state index contributed by atoms with van der Waals surface area (Å²) in [6, 6.07) is 7.30. The van der Waals surface area contributed by atoms with Crippen LogP contribution in [0.4, 0.5) is 0 Å². The van der Waals surface area contributed by atoms with Crippen LogP contribution in [0.5, 0.6) is 0 Å². The van der Waals surface area contributed by atoms with E-state index >= 15 is 0 Å². The van der Waals surface area contributed by atoms with Gasteiger partial charge in [0.25, 0.3) is 0 Å². The van der Waals surface area contributed by atoms with Crippen LogP contribution in [-0.4, -0.2) is 41.5 Å². The molecule has 26 heavy (non-hydrogen) atoms. The van der Waals surface area contributed by atoms with E-state index in [2.05, 4.69) is 15.9 Å². The van der Waals surface area contributed by atoms with Gasteiger partial charge in [-0.05, 0) is 69.2 Å². The molecule has 0 saturated carbocycles. The lowest BCUT2D eigenvalue weighted by molar-refractivity contribution is -0.00263. The van der Waals surface area contributed by atoms with Gasteiger partial charge >= 0.3 is 0 Å². The number of rotatable bonds is 2. The lowest BCUT2D eigenvalue weighted by atomic mass is 9.68. The Morgan fingerprint density at radius 3 is 2.73 bits per heavy atom. The largest absolute Gasteiger partial charge is 0.299 e. The van der Waals surface area contributed by atoms with Gasteiger partial charge in [0.1, 0.15) is 0 Å². The molecule has 4 aliphatic rings. The number of fused-ring (bicyclic) bond motifs is 6. The molecule has 0 aromatic heterocycles. The topological polar surface area (TPSA) is 6.48 Å². The molecular formula is C22H28Cl2N2. The van der Waals surface area contributed by atoms with E-state index < -0.39 is 0 Å². The van der Waals surface area contributed by atoms with Crippen molar-refractivity contribution in [3.05, 3.63) is 45.5 Å². The molecule has 2 nitrogen and oxygen atoms in total. The van der Waals surface area contributed by atoms with E-state index in [-0.39, 0.29) is 0 Å². The minimum atomic E-state index is 0.593. The van der Waals surface area contributed by atoms with E-state index in [0.29, 0.717) is 6.04 Å². The monoisotopic (exact) mass is 390 g/mol. The zero-order valence-corrected chi connectivity index (χ0v) is 16.9. The first-order valence-corrected chi connectivity index (χ1v) is 11.1. The standard InChI is InChI=1S/C22H28Cl2N2/c23-19-6-3-7-20(24)18(19)14-26-10-4-5-15-11-16-12-17(22(15)26)13-25-9-2-1-8-21(16)25/h3,6-7,11,16-17,21-22H,1-2,4-5,8-10,12-14H2/t16?,17?,21-,22-/m1/s1. The maximum atomic E-state index is 6.49. The normalized spacial score (nSPS) is 34.8. The molecule has 5 rings (SSSR count). The fraction of sp³-hybridized carbons (Fsp3) is 0.636. The lowest BCUT2D eigenvalue weighted by Crippen LogP contribution is -2.59. The first kappa shape index (κ1) is 17.6. The van der Waals surface area contributed by atoms with Crippen molar-refractivity contribution in [1.82, 2.24) is 9.80 Å². The fourth-order valence-electron chi connectivity index (χ4n) is 6.15. The summed E-state index contributed by atoms with van der Waals surface area (Å²) in [5.41, 5.74) is 2.82. The van der Waals surface area contributed by atoms with Crippen LogP contribution in [0.3, 0.4) is 0 Å². The zero-order chi connectivity index (χ0) is 17.7.